The lowest BCUT2D eigenvalue weighted by Crippen LogP contribution is -2.18. The van der Waals surface area contributed by atoms with Crippen molar-refractivity contribution in [2.75, 3.05) is 11.9 Å². The van der Waals surface area contributed by atoms with Gasteiger partial charge in [-0.3, -0.25) is 4.79 Å². The zero-order valence-electron chi connectivity index (χ0n) is 13.5. The van der Waals surface area contributed by atoms with Crippen molar-refractivity contribution in [2.45, 2.75) is 20.5 Å². The number of ether oxygens (including phenoxy) is 1. The summed E-state index contributed by atoms with van der Waals surface area (Å²) in [5, 5.41) is 6.70. The summed E-state index contributed by atoms with van der Waals surface area (Å²) in [6.07, 6.45) is 1.56. The lowest BCUT2D eigenvalue weighted by molar-refractivity contribution is -0.121. The summed E-state index contributed by atoms with van der Waals surface area (Å²) in [6, 6.07) is 11.2. The number of benzene rings is 1. The molecule has 0 fully saturated rings. The van der Waals surface area contributed by atoms with Gasteiger partial charge in [0.05, 0.1) is 12.9 Å². The van der Waals surface area contributed by atoms with Crippen LogP contribution in [0.4, 0.5) is 5.69 Å². The molecule has 0 unspecified atom stereocenters. The van der Waals surface area contributed by atoms with Gasteiger partial charge in [-0.05, 0) is 49.2 Å². The number of aryl methyl sites for hydroxylation is 2. The Morgan fingerprint density at radius 1 is 1.17 bits per heavy atom. The molecule has 3 aromatic rings. The van der Waals surface area contributed by atoms with Crippen LogP contribution in [0.2, 0.25) is 0 Å². The minimum Gasteiger partial charge on any atom is -0.461 e. The lowest BCUT2D eigenvalue weighted by atomic mass is 10.1. The SMILES string of the molecule is Cc1cc(C)cc(NC(=O)COCc2cc(-c3ccco3)on2)c1. The Hall–Kier alpha value is -2.86. The quantitative estimate of drug-likeness (QED) is 0.747. The molecule has 0 bridgehead atoms. The molecule has 1 amide bonds. The van der Waals surface area contributed by atoms with E-state index < -0.39 is 0 Å². The summed E-state index contributed by atoms with van der Waals surface area (Å²) in [5.74, 6) is 0.911. The maximum Gasteiger partial charge on any atom is 0.250 e. The van der Waals surface area contributed by atoms with Crippen LogP contribution in [-0.4, -0.2) is 17.7 Å². The molecule has 0 atom stereocenters. The van der Waals surface area contributed by atoms with E-state index >= 15 is 0 Å². The monoisotopic (exact) mass is 326 g/mol. The highest BCUT2D eigenvalue weighted by Gasteiger charge is 2.10. The molecular weight excluding hydrogens is 308 g/mol. The van der Waals surface area contributed by atoms with E-state index in [0.29, 0.717) is 17.2 Å². The first-order valence-electron chi connectivity index (χ1n) is 7.55. The standard InChI is InChI=1S/C18H18N2O4/c1-12-6-13(2)8-14(7-12)19-18(21)11-22-10-15-9-17(24-20-15)16-4-3-5-23-16/h3-9H,10-11H2,1-2H3,(H,19,21). The van der Waals surface area contributed by atoms with Gasteiger partial charge in [0.15, 0.2) is 5.76 Å². The summed E-state index contributed by atoms with van der Waals surface area (Å²) in [4.78, 5) is 11.9. The largest absolute Gasteiger partial charge is 0.461 e. The molecule has 1 aromatic carbocycles. The van der Waals surface area contributed by atoms with Crippen molar-refractivity contribution in [3.8, 4) is 11.5 Å². The zero-order valence-corrected chi connectivity index (χ0v) is 13.5. The number of nitrogens with zero attached hydrogens (tertiary/aromatic N) is 1. The molecule has 124 valence electrons. The van der Waals surface area contributed by atoms with Gasteiger partial charge < -0.3 is 19.0 Å². The highest BCUT2D eigenvalue weighted by Crippen LogP contribution is 2.20. The average molecular weight is 326 g/mol. The highest BCUT2D eigenvalue weighted by molar-refractivity contribution is 5.91. The zero-order chi connectivity index (χ0) is 16.9. The Kier molecular flexibility index (Phi) is 4.77. The first-order valence-corrected chi connectivity index (χ1v) is 7.55. The van der Waals surface area contributed by atoms with Crippen molar-refractivity contribution in [3.05, 3.63) is 59.5 Å². The van der Waals surface area contributed by atoms with Crippen molar-refractivity contribution < 1.29 is 18.5 Å². The summed E-state index contributed by atoms with van der Waals surface area (Å²) in [5.41, 5.74) is 3.56. The third-order valence-corrected chi connectivity index (χ3v) is 3.31. The van der Waals surface area contributed by atoms with Gasteiger partial charge >= 0.3 is 0 Å². The fourth-order valence-electron chi connectivity index (χ4n) is 2.41. The second-order valence-electron chi connectivity index (χ2n) is 5.58. The predicted molar refractivity (Wildman–Crippen MR) is 88.4 cm³/mol. The van der Waals surface area contributed by atoms with Crippen molar-refractivity contribution >= 4 is 11.6 Å². The second-order valence-corrected chi connectivity index (χ2v) is 5.58. The van der Waals surface area contributed by atoms with E-state index in [1.54, 1.807) is 24.5 Å². The summed E-state index contributed by atoms with van der Waals surface area (Å²) in [7, 11) is 0. The predicted octanol–water partition coefficient (Wildman–Crippen LogP) is 3.71. The molecular formula is C18H18N2O4. The molecule has 2 heterocycles. The van der Waals surface area contributed by atoms with Crippen LogP contribution in [0.5, 0.6) is 0 Å². The third kappa shape index (κ3) is 4.11. The number of rotatable bonds is 6. The first kappa shape index (κ1) is 16.0. The first-order chi connectivity index (χ1) is 11.6. The van der Waals surface area contributed by atoms with Gasteiger partial charge in [0.1, 0.15) is 12.3 Å². The van der Waals surface area contributed by atoms with E-state index in [4.69, 9.17) is 13.7 Å². The Morgan fingerprint density at radius 3 is 2.67 bits per heavy atom. The number of amides is 1. The van der Waals surface area contributed by atoms with Crippen LogP contribution in [0.15, 0.2) is 51.6 Å². The molecule has 6 heteroatoms. The van der Waals surface area contributed by atoms with Crippen LogP contribution in [0, 0.1) is 13.8 Å². The number of hydrogen-bond donors (Lipinski definition) is 1. The molecule has 1 N–H and O–H groups in total. The van der Waals surface area contributed by atoms with Gasteiger partial charge in [-0.25, -0.2) is 0 Å². The van der Waals surface area contributed by atoms with Crippen LogP contribution in [0.3, 0.4) is 0 Å². The van der Waals surface area contributed by atoms with E-state index in [-0.39, 0.29) is 19.1 Å². The van der Waals surface area contributed by atoms with Crippen molar-refractivity contribution in [2.24, 2.45) is 0 Å². The van der Waals surface area contributed by atoms with E-state index in [1.165, 1.54) is 0 Å². The van der Waals surface area contributed by atoms with Crippen molar-refractivity contribution in [1.29, 1.82) is 0 Å². The smallest absolute Gasteiger partial charge is 0.250 e. The molecule has 0 saturated carbocycles. The molecule has 2 aromatic heterocycles. The van der Waals surface area contributed by atoms with Crippen LogP contribution >= 0.6 is 0 Å². The number of anilines is 1. The van der Waals surface area contributed by atoms with Gasteiger partial charge in [0, 0.05) is 11.8 Å². The molecule has 24 heavy (non-hydrogen) atoms. The van der Waals surface area contributed by atoms with Crippen LogP contribution in [0.1, 0.15) is 16.8 Å². The third-order valence-electron chi connectivity index (χ3n) is 3.31. The van der Waals surface area contributed by atoms with Gasteiger partial charge in [-0.2, -0.15) is 0 Å². The number of aromatic nitrogens is 1. The fourth-order valence-corrected chi connectivity index (χ4v) is 2.41. The summed E-state index contributed by atoms with van der Waals surface area (Å²) in [6.45, 7) is 4.10. The molecule has 3 rings (SSSR count). The van der Waals surface area contributed by atoms with Crippen LogP contribution < -0.4 is 5.32 Å². The maximum atomic E-state index is 11.9. The molecule has 0 aliphatic rings. The average Bonchev–Trinajstić information content (AvgIpc) is 3.17. The Balaban J connectivity index is 1.48. The van der Waals surface area contributed by atoms with E-state index in [1.807, 2.05) is 32.0 Å². The normalized spacial score (nSPS) is 10.8. The van der Waals surface area contributed by atoms with Crippen LogP contribution in [0.25, 0.3) is 11.5 Å². The molecule has 0 aliphatic carbocycles. The van der Waals surface area contributed by atoms with Gasteiger partial charge in [-0.15, -0.1) is 0 Å². The molecule has 0 spiro atoms. The Bertz CT molecular complexity index is 801. The van der Waals surface area contributed by atoms with Crippen molar-refractivity contribution in [3.63, 3.8) is 0 Å². The summed E-state index contributed by atoms with van der Waals surface area (Å²) >= 11 is 0. The molecule has 0 radical (unpaired) electrons. The molecule has 0 saturated heterocycles. The van der Waals surface area contributed by atoms with E-state index in [0.717, 1.165) is 16.8 Å². The lowest BCUT2D eigenvalue weighted by Gasteiger charge is -2.07. The number of nitrogens with one attached hydrogen (secondary N) is 1. The fraction of sp³-hybridized carbons (Fsp3) is 0.222. The second kappa shape index (κ2) is 7.14. The maximum absolute atomic E-state index is 11.9. The van der Waals surface area contributed by atoms with Crippen LogP contribution in [-0.2, 0) is 16.1 Å². The van der Waals surface area contributed by atoms with Gasteiger partial charge in [-0.1, -0.05) is 11.2 Å². The number of hydrogen-bond acceptors (Lipinski definition) is 5. The van der Waals surface area contributed by atoms with E-state index in [2.05, 4.69) is 10.5 Å². The van der Waals surface area contributed by atoms with E-state index in [9.17, 15) is 4.79 Å². The number of carbonyl (C=O) groups is 1. The Labute approximate surface area is 139 Å². The highest BCUT2D eigenvalue weighted by atomic mass is 16.5. The summed E-state index contributed by atoms with van der Waals surface area (Å²) < 4.78 is 15.8. The Morgan fingerprint density at radius 2 is 1.96 bits per heavy atom. The topological polar surface area (TPSA) is 77.5 Å². The minimum atomic E-state index is -0.213. The number of carbonyl (C=O) groups excluding carboxylic acids is 1. The van der Waals surface area contributed by atoms with Gasteiger partial charge in [0.25, 0.3) is 0 Å². The molecule has 6 nitrogen and oxygen atoms in total. The van der Waals surface area contributed by atoms with Crippen molar-refractivity contribution in [1.82, 2.24) is 5.16 Å². The van der Waals surface area contributed by atoms with Gasteiger partial charge in [0.2, 0.25) is 11.7 Å². The number of furan rings is 1. The minimum absolute atomic E-state index is 0.0596. The molecule has 0 aliphatic heterocycles.